The second-order valence-corrected chi connectivity index (χ2v) is 3.01. The van der Waals surface area contributed by atoms with Crippen LogP contribution in [0.25, 0.3) is 0 Å². The van der Waals surface area contributed by atoms with Crippen LogP contribution in [-0.4, -0.2) is 0 Å². The van der Waals surface area contributed by atoms with Gasteiger partial charge in [0.15, 0.2) is 0 Å². The Morgan fingerprint density at radius 3 is 2.73 bits per heavy atom. The molecule has 0 heterocycles. The minimum atomic E-state index is 0.929. The van der Waals surface area contributed by atoms with E-state index in [2.05, 4.69) is 46.8 Å². The van der Waals surface area contributed by atoms with E-state index in [-0.39, 0.29) is 0 Å². The van der Waals surface area contributed by atoms with Gasteiger partial charge in [0, 0.05) is 5.33 Å². The molecule has 1 aromatic carbocycles. The summed E-state index contributed by atoms with van der Waals surface area (Å²) in [6.07, 6.45) is 2.88. The van der Waals surface area contributed by atoms with E-state index < -0.39 is 0 Å². The zero-order chi connectivity index (χ0) is 8.10. The Kier molecular flexibility index (Phi) is 3.37. The van der Waals surface area contributed by atoms with E-state index in [4.69, 9.17) is 0 Å². The second kappa shape index (κ2) is 4.35. The number of benzene rings is 1. The molecule has 0 fully saturated rings. The lowest BCUT2D eigenvalue weighted by atomic mass is 10.1. The highest BCUT2D eigenvalue weighted by atomic mass is 79.9. The van der Waals surface area contributed by atoms with E-state index in [0.717, 1.165) is 11.8 Å². The van der Waals surface area contributed by atoms with Crippen molar-refractivity contribution >= 4 is 15.9 Å². The van der Waals surface area contributed by atoms with Gasteiger partial charge in [-0.1, -0.05) is 46.3 Å². The Bertz CT molecular complexity index is 240. The second-order valence-electron chi connectivity index (χ2n) is 2.45. The van der Waals surface area contributed by atoms with Gasteiger partial charge in [0.05, 0.1) is 0 Å². The molecule has 0 saturated carbocycles. The Balaban J connectivity index is 2.82. The van der Waals surface area contributed by atoms with Crippen LogP contribution in [0, 0.1) is 0 Å². The molecule has 0 radical (unpaired) electrons. The summed E-state index contributed by atoms with van der Waals surface area (Å²) < 4.78 is 0. The zero-order valence-electron chi connectivity index (χ0n) is 6.39. The monoisotopic (exact) mass is 210 g/mol. The first-order chi connectivity index (χ1) is 5.36. The van der Waals surface area contributed by atoms with E-state index in [1.165, 1.54) is 11.1 Å². The lowest BCUT2D eigenvalue weighted by Gasteiger charge is -1.98. The largest absolute Gasteiger partial charge is 0.103 e. The van der Waals surface area contributed by atoms with Crippen LogP contribution in [0.15, 0.2) is 36.9 Å². The van der Waals surface area contributed by atoms with Gasteiger partial charge in [0.2, 0.25) is 0 Å². The molecule has 1 rings (SSSR count). The molecule has 0 unspecified atom stereocenters. The third-order valence-corrected chi connectivity index (χ3v) is 2.17. The molecule has 1 heteroatoms. The quantitative estimate of drug-likeness (QED) is 0.531. The molecule has 0 aromatic heterocycles. The number of hydrogen-bond acceptors (Lipinski definition) is 0. The Morgan fingerprint density at radius 1 is 1.36 bits per heavy atom. The van der Waals surface area contributed by atoms with Gasteiger partial charge < -0.3 is 0 Å². The van der Waals surface area contributed by atoms with Crippen molar-refractivity contribution in [3.8, 4) is 0 Å². The summed E-state index contributed by atoms with van der Waals surface area (Å²) in [6, 6.07) is 8.50. The summed E-state index contributed by atoms with van der Waals surface area (Å²) in [6.45, 7) is 3.70. The normalized spacial score (nSPS) is 9.55. The third kappa shape index (κ3) is 2.51. The summed E-state index contributed by atoms with van der Waals surface area (Å²) in [7, 11) is 0. The summed E-state index contributed by atoms with van der Waals surface area (Å²) in [5.41, 5.74) is 2.65. The van der Waals surface area contributed by atoms with E-state index in [1.807, 2.05) is 6.08 Å². The minimum absolute atomic E-state index is 0.929. The van der Waals surface area contributed by atoms with E-state index in [9.17, 15) is 0 Å². The molecule has 0 aliphatic carbocycles. The minimum Gasteiger partial charge on any atom is -0.103 e. The van der Waals surface area contributed by atoms with E-state index in [0.29, 0.717) is 0 Å². The molecule has 0 bridgehead atoms. The third-order valence-electron chi connectivity index (χ3n) is 1.53. The number of halogens is 1. The van der Waals surface area contributed by atoms with Crippen LogP contribution in [-0.2, 0) is 11.8 Å². The molecule has 1 aromatic rings. The predicted molar refractivity (Wildman–Crippen MR) is 53.0 cm³/mol. The molecule has 0 saturated heterocycles. The smallest absolute Gasteiger partial charge is 0.0283 e. The van der Waals surface area contributed by atoms with Gasteiger partial charge in [0.1, 0.15) is 0 Å². The van der Waals surface area contributed by atoms with Crippen LogP contribution < -0.4 is 0 Å². The van der Waals surface area contributed by atoms with Gasteiger partial charge in [-0.05, 0) is 17.5 Å². The fourth-order valence-electron chi connectivity index (χ4n) is 1.01. The average molecular weight is 211 g/mol. The van der Waals surface area contributed by atoms with Crippen LogP contribution >= 0.6 is 15.9 Å². The van der Waals surface area contributed by atoms with Crippen LogP contribution in [0.1, 0.15) is 11.1 Å². The number of rotatable bonds is 3. The van der Waals surface area contributed by atoms with Crippen LogP contribution in [0.5, 0.6) is 0 Å². The first-order valence-corrected chi connectivity index (χ1v) is 4.73. The molecule has 0 N–H and O–H groups in total. The van der Waals surface area contributed by atoms with Crippen molar-refractivity contribution in [3.05, 3.63) is 48.0 Å². The summed E-state index contributed by atoms with van der Waals surface area (Å²) in [5, 5.41) is 0.929. The molecular weight excluding hydrogens is 200 g/mol. The van der Waals surface area contributed by atoms with Crippen molar-refractivity contribution in [1.82, 2.24) is 0 Å². The van der Waals surface area contributed by atoms with Crippen molar-refractivity contribution in [2.75, 3.05) is 0 Å². The number of allylic oxidation sites excluding steroid dienone is 1. The standard InChI is InChI=1S/C10H11Br/c1-2-4-9-5-3-6-10(7-9)8-11/h2-3,5-7H,1,4,8H2. The highest BCUT2D eigenvalue weighted by molar-refractivity contribution is 9.08. The maximum atomic E-state index is 3.70. The van der Waals surface area contributed by atoms with Gasteiger partial charge in [-0.3, -0.25) is 0 Å². The maximum absolute atomic E-state index is 3.70. The molecular formula is C10H11Br. The van der Waals surface area contributed by atoms with Gasteiger partial charge in [-0.15, -0.1) is 6.58 Å². The summed E-state index contributed by atoms with van der Waals surface area (Å²) in [4.78, 5) is 0. The molecule has 0 aliphatic heterocycles. The fourth-order valence-corrected chi connectivity index (χ4v) is 1.36. The molecule has 0 spiro atoms. The van der Waals surface area contributed by atoms with Crippen molar-refractivity contribution in [2.24, 2.45) is 0 Å². The van der Waals surface area contributed by atoms with Crippen molar-refractivity contribution in [2.45, 2.75) is 11.8 Å². The maximum Gasteiger partial charge on any atom is 0.0283 e. The lowest BCUT2D eigenvalue weighted by molar-refractivity contribution is 1.25. The number of hydrogen-bond donors (Lipinski definition) is 0. The molecule has 0 nitrogen and oxygen atoms in total. The van der Waals surface area contributed by atoms with Crippen LogP contribution in [0.3, 0.4) is 0 Å². The summed E-state index contributed by atoms with van der Waals surface area (Å²) >= 11 is 3.42. The van der Waals surface area contributed by atoms with Gasteiger partial charge in [0.25, 0.3) is 0 Å². The average Bonchev–Trinajstić information content (AvgIpc) is 2.06. The molecule has 0 atom stereocenters. The summed E-state index contributed by atoms with van der Waals surface area (Å²) in [5.74, 6) is 0. The van der Waals surface area contributed by atoms with Crippen LogP contribution in [0.2, 0.25) is 0 Å². The van der Waals surface area contributed by atoms with Gasteiger partial charge in [-0.2, -0.15) is 0 Å². The fraction of sp³-hybridized carbons (Fsp3) is 0.200. The predicted octanol–water partition coefficient (Wildman–Crippen LogP) is 3.31. The zero-order valence-corrected chi connectivity index (χ0v) is 7.97. The molecule has 0 amide bonds. The Hall–Kier alpha value is -0.560. The highest BCUT2D eigenvalue weighted by Gasteiger charge is 1.91. The first kappa shape index (κ1) is 8.54. The van der Waals surface area contributed by atoms with E-state index >= 15 is 0 Å². The van der Waals surface area contributed by atoms with E-state index in [1.54, 1.807) is 0 Å². The first-order valence-electron chi connectivity index (χ1n) is 3.61. The Morgan fingerprint density at radius 2 is 2.09 bits per heavy atom. The van der Waals surface area contributed by atoms with Crippen molar-refractivity contribution in [3.63, 3.8) is 0 Å². The van der Waals surface area contributed by atoms with Crippen LogP contribution in [0.4, 0.5) is 0 Å². The molecule has 0 aliphatic rings. The SMILES string of the molecule is C=CCc1cccc(CBr)c1. The lowest BCUT2D eigenvalue weighted by Crippen LogP contribution is -1.82. The topological polar surface area (TPSA) is 0 Å². The molecule has 11 heavy (non-hydrogen) atoms. The van der Waals surface area contributed by atoms with Gasteiger partial charge >= 0.3 is 0 Å². The van der Waals surface area contributed by atoms with Crippen molar-refractivity contribution in [1.29, 1.82) is 0 Å². The highest BCUT2D eigenvalue weighted by Crippen LogP contribution is 2.09. The van der Waals surface area contributed by atoms with Crippen molar-refractivity contribution < 1.29 is 0 Å². The van der Waals surface area contributed by atoms with Gasteiger partial charge in [-0.25, -0.2) is 0 Å². The molecule has 58 valence electrons. The Labute approximate surface area is 76.1 Å². The number of alkyl halides is 1.